The average molecular weight is 151 g/mol. The van der Waals surface area contributed by atoms with Crippen molar-refractivity contribution in [2.75, 3.05) is 6.54 Å². The summed E-state index contributed by atoms with van der Waals surface area (Å²) < 4.78 is 24.6. The van der Waals surface area contributed by atoms with Gasteiger partial charge in [0.15, 0.2) is 6.17 Å². The van der Waals surface area contributed by atoms with Crippen LogP contribution in [0.15, 0.2) is 0 Å². The molecule has 0 aromatic rings. The van der Waals surface area contributed by atoms with Crippen LogP contribution in [-0.4, -0.2) is 35.1 Å². The van der Waals surface area contributed by atoms with Gasteiger partial charge in [-0.05, 0) is 0 Å². The molecule has 3 nitrogen and oxygen atoms in total. The number of rotatable bonds is 0. The van der Waals surface area contributed by atoms with Gasteiger partial charge in [0, 0.05) is 13.0 Å². The Hall–Kier alpha value is -0.870. The number of hydrogen-bond acceptors (Lipinski definition) is 1. The van der Waals surface area contributed by atoms with E-state index in [4.69, 9.17) is 5.11 Å². The molecule has 1 amide bonds. The lowest BCUT2D eigenvalue weighted by atomic mass is 10.3. The van der Waals surface area contributed by atoms with Crippen LogP contribution in [0.2, 0.25) is 0 Å². The summed E-state index contributed by atoms with van der Waals surface area (Å²) in [5.74, 6) is 0. The summed E-state index contributed by atoms with van der Waals surface area (Å²) in [7, 11) is 0. The number of alkyl halides is 2. The van der Waals surface area contributed by atoms with Crippen molar-refractivity contribution in [3.05, 3.63) is 0 Å². The molecule has 2 atom stereocenters. The maximum absolute atomic E-state index is 12.4. The second-order valence-corrected chi connectivity index (χ2v) is 2.15. The molecule has 2 unspecified atom stereocenters. The van der Waals surface area contributed by atoms with E-state index in [0.717, 1.165) is 0 Å². The smallest absolute Gasteiger partial charge is 0.409 e. The highest BCUT2D eigenvalue weighted by Crippen LogP contribution is 2.21. The van der Waals surface area contributed by atoms with E-state index in [1.165, 1.54) is 0 Å². The minimum Gasteiger partial charge on any atom is -0.465 e. The number of likely N-dealkylation sites (tertiary alicyclic amines) is 1. The second-order valence-electron chi connectivity index (χ2n) is 2.15. The molecule has 1 saturated heterocycles. The summed E-state index contributed by atoms with van der Waals surface area (Å²) in [6.45, 7) is -0.0440. The molecule has 1 fully saturated rings. The molecule has 0 saturated carbocycles. The van der Waals surface area contributed by atoms with Gasteiger partial charge in [-0.2, -0.15) is 0 Å². The van der Waals surface area contributed by atoms with Crippen molar-refractivity contribution in [2.24, 2.45) is 0 Å². The summed E-state index contributed by atoms with van der Waals surface area (Å²) in [6, 6.07) is 0. The fourth-order valence-electron chi connectivity index (χ4n) is 0.920. The average Bonchev–Trinajstić information content (AvgIpc) is 2.14. The maximum Gasteiger partial charge on any atom is 0.409 e. The Morgan fingerprint density at radius 1 is 1.60 bits per heavy atom. The van der Waals surface area contributed by atoms with Crippen LogP contribution in [-0.2, 0) is 0 Å². The van der Waals surface area contributed by atoms with Gasteiger partial charge in [-0.25, -0.2) is 13.6 Å². The topological polar surface area (TPSA) is 40.5 Å². The minimum atomic E-state index is -1.96. The molecule has 0 spiro atoms. The van der Waals surface area contributed by atoms with Crippen LogP contribution in [0.5, 0.6) is 0 Å². The Morgan fingerprint density at radius 3 is 2.40 bits per heavy atom. The van der Waals surface area contributed by atoms with Gasteiger partial charge in [-0.15, -0.1) is 0 Å². The molecule has 0 aliphatic carbocycles. The second kappa shape index (κ2) is 2.40. The van der Waals surface area contributed by atoms with Gasteiger partial charge >= 0.3 is 6.09 Å². The molecular weight excluding hydrogens is 144 g/mol. The molecule has 0 aromatic heterocycles. The first-order chi connectivity index (χ1) is 4.63. The first-order valence-electron chi connectivity index (χ1n) is 2.90. The lowest BCUT2D eigenvalue weighted by molar-refractivity contribution is 0.0682. The normalized spacial score (nSPS) is 32.8. The van der Waals surface area contributed by atoms with Gasteiger partial charge in [0.1, 0.15) is 0 Å². The highest BCUT2D eigenvalue weighted by Gasteiger charge is 2.37. The standard InChI is InChI=1S/C5H7F2NO2/c6-3-1-2-8(4(3)7)5(9)10/h3-4H,1-2H2,(H,9,10). The Labute approximate surface area is 56.2 Å². The zero-order valence-corrected chi connectivity index (χ0v) is 5.13. The largest absolute Gasteiger partial charge is 0.465 e. The van der Waals surface area contributed by atoms with Crippen LogP contribution in [0.3, 0.4) is 0 Å². The molecule has 1 aliphatic heterocycles. The fraction of sp³-hybridized carbons (Fsp3) is 0.800. The number of halogens is 2. The van der Waals surface area contributed by atoms with Crippen LogP contribution in [0.25, 0.3) is 0 Å². The summed E-state index contributed by atoms with van der Waals surface area (Å²) in [5, 5.41) is 8.22. The van der Waals surface area contributed by atoms with Crippen molar-refractivity contribution < 1.29 is 18.7 Å². The van der Waals surface area contributed by atoms with Gasteiger partial charge in [0.05, 0.1) is 0 Å². The lowest BCUT2D eigenvalue weighted by Gasteiger charge is -2.13. The van der Waals surface area contributed by atoms with Gasteiger partial charge in [0.25, 0.3) is 0 Å². The Kier molecular flexibility index (Phi) is 1.74. The predicted octanol–water partition coefficient (Wildman–Crippen LogP) is 1.00. The van der Waals surface area contributed by atoms with E-state index in [9.17, 15) is 13.6 Å². The zero-order valence-electron chi connectivity index (χ0n) is 5.13. The summed E-state index contributed by atoms with van der Waals surface area (Å²) in [4.78, 5) is 10.5. The van der Waals surface area contributed by atoms with E-state index in [2.05, 4.69) is 0 Å². The number of hydrogen-bond donors (Lipinski definition) is 1. The van der Waals surface area contributed by atoms with Crippen molar-refractivity contribution in [1.29, 1.82) is 0 Å². The Morgan fingerprint density at radius 2 is 2.20 bits per heavy atom. The van der Waals surface area contributed by atoms with Gasteiger partial charge in [-0.1, -0.05) is 0 Å². The first kappa shape index (κ1) is 7.24. The van der Waals surface area contributed by atoms with E-state index in [1.54, 1.807) is 0 Å². The lowest BCUT2D eigenvalue weighted by Crippen LogP contribution is -2.34. The molecule has 1 rings (SSSR count). The van der Waals surface area contributed by atoms with Gasteiger partial charge in [0.2, 0.25) is 6.30 Å². The van der Waals surface area contributed by atoms with Crippen molar-refractivity contribution >= 4 is 6.09 Å². The van der Waals surface area contributed by atoms with Crippen LogP contribution in [0.1, 0.15) is 6.42 Å². The van der Waals surface area contributed by atoms with Crippen molar-refractivity contribution in [3.63, 3.8) is 0 Å². The van der Waals surface area contributed by atoms with E-state index in [1.807, 2.05) is 0 Å². The molecule has 0 radical (unpaired) electrons. The zero-order chi connectivity index (χ0) is 7.72. The third kappa shape index (κ3) is 1.03. The van der Waals surface area contributed by atoms with Crippen LogP contribution >= 0.6 is 0 Å². The number of carboxylic acid groups (broad SMARTS) is 1. The fourth-order valence-corrected chi connectivity index (χ4v) is 0.920. The first-order valence-corrected chi connectivity index (χ1v) is 2.90. The number of amides is 1. The molecule has 1 heterocycles. The summed E-state index contributed by atoms with van der Waals surface area (Å²) >= 11 is 0. The highest BCUT2D eigenvalue weighted by molar-refractivity contribution is 5.65. The molecule has 58 valence electrons. The van der Waals surface area contributed by atoms with Gasteiger partial charge < -0.3 is 5.11 Å². The van der Waals surface area contributed by atoms with E-state index in [0.29, 0.717) is 4.90 Å². The monoisotopic (exact) mass is 151 g/mol. The van der Waals surface area contributed by atoms with Crippen molar-refractivity contribution in [2.45, 2.75) is 18.9 Å². The third-order valence-electron chi connectivity index (χ3n) is 1.49. The molecule has 1 aliphatic rings. The van der Waals surface area contributed by atoms with Crippen molar-refractivity contribution in [1.82, 2.24) is 4.90 Å². The van der Waals surface area contributed by atoms with E-state index in [-0.39, 0.29) is 13.0 Å². The molecule has 10 heavy (non-hydrogen) atoms. The summed E-state index contributed by atoms with van der Waals surface area (Å²) in [6.07, 6.45) is -5.03. The van der Waals surface area contributed by atoms with Crippen LogP contribution in [0.4, 0.5) is 13.6 Å². The molecular formula is C5H7F2NO2. The molecule has 0 bridgehead atoms. The predicted molar refractivity (Wildman–Crippen MR) is 29.1 cm³/mol. The number of nitrogens with zero attached hydrogens (tertiary/aromatic N) is 1. The highest BCUT2D eigenvalue weighted by atomic mass is 19.2. The molecule has 5 heteroatoms. The molecule has 1 N–H and O–H groups in total. The van der Waals surface area contributed by atoms with Crippen LogP contribution in [0, 0.1) is 0 Å². The van der Waals surface area contributed by atoms with E-state index < -0.39 is 18.6 Å². The van der Waals surface area contributed by atoms with Crippen molar-refractivity contribution in [3.8, 4) is 0 Å². The third-order valence-corrected chi connectivity index (χ3v) is 1.49. The maximum atomic E-state index is 12.4. The van der Waals surface area contributed by atoms with Crippen LogP contribution < -0.4 is 0 Å². The van der Waals surface area contributed by atoms with Gasteiger partial charge in [-0.3, -0.25) is 4.90 Å². The minimum absolute atomic E-state index is 0.0343. The summed E-state index contributed by atoms with van der Waals surface area (Å²) in [5.41, 5.74) is 0. The Bertz CT molecular complexity index is 153. The SMILES string of the molecule is O=C(O)N1CCC(F)C1F. The quantitative estimate of drug-likeness (QED) is 0.525. The van der Waals surface area contributed by atoms with E-state index >= 15 is 0 Å². The Balaban J connectivity index is 2.57. The molecule has 0 aromatic carbocycles. The number of carbonyl (C=O) groups is 1.